The number of aryl methyl sites for hydroxylation is 2. The zero-order valence-electron chi connectivity index (χ0n) is 9.71. The second-order valence-corrected chi connectivity index (χ2v) is 5.21. The average Bonchev–Trinajstić information content (AvgIpc) is 3.07. The van der Waals surface area contributed by atoms with Crippen LogP contribution in [-0.2, 0) is 13.0 Å². The zero-order valence-corrected chi connectivity index (χ0v) is 10.5. The third-order valence-corrected chi connectivity index (χ3v) is 4.08. The number of hydrogen-bond acceptors (Lipinski definition) is 3. The molecule has 0 N–H and O–H groups in total. The third kappa shape index (κ3) is 1.36. The average molecular weight is 253 g/mol. The van der Waals surface area contributed by atoms with Crippen molar-refractivity contribution < 1.29 is 0 Å². The van der Waals surface area contributed by atoms with E-state index in [9.17, 15) is 0 Å². The minimum Gasteiger partial charge on any atom is -0.244 e. The molecular formula is C14H11N3S. The Morgan fingerprint density at radius 3 is 3.00 bits per heavy atom. The first-order valence-electron chi connectivity index (χ1n) is 5.98. The molecule has 18 heavy (non-hydrogen) atoms. The molecule has 0 radical (unpaired) electrons. The molecule has 1 aliphatic rings. The van der Waals surface area contributed by atoms with Gasteiger partial charge in [-0.05, 0) is 23.4 Å². The summed E-state index contributed by atoms with van der Waals surface area (Å²) in [6.07, 6.45) is 1.04. The van der Waals surface area contributed by atoms with Crippen molar-refractivity contribution in [3.8, 4) is 22.5 Å². The van der Waals surface area contributed by atoms with Gasteiger partial charge in [0.15, 0.2) is 0 Å². The van der Waals surface area contributed by atoms with Crippen molar-refractivity contribution in [2.75, 3.05) is 0 Å². The molecule has 4 heteroatoms. The lowest BCUT2D eigenvalue weighted by Gasteiger charge is -2.17. The minimum atomic E-state index is 0.920. The van der Waals surface area contributed by atoms with Gasteiger partial charge in [-0.25, -0.2) is 4.68 Å². The summed E-state index contributed by atoms with van der Waals surface area (Å²) in [7, 11) is 0. The Morgan fingerprint density at radius 1 is 1.17 bits per heavy atom. The number of nitrogens with zero attached hydrogens (tertiary/aromatic N) is 3. The van der Waals surface area contributed by atoms with Crippen LogP contribution in [-0.4, -0.2) is 15.0 Å². The molecule has 88 valence electrons. The summed E-state index contributed by atoms with van der Waals surface area (Å²) in [6.45, 7) is 0.920. The van der Waals surface area contributed by atoms with Crippen molar-refractivity contribution in [1.29, 1.82) is 0 Å². The Bertz CT molecular complexity index is 698. The lowest BCUT2D eigenvalue weighted by atomic mass is 9.96. The number of rotatable bonds is 1. The van der Waals surface area contributed by atoms with Gasteiger partial charge in [0.05, 0.1) is 5.69 Å². The molecule has 0 atom stereocenters. The summed E-state index contributed by atoms with van der Waals surface area (Å²) in [5.41, 5.74) is 6.00. The Morgan fingerprint density at radius 2 is 2.11 bits per heavy atom. The molecule has 0 spiro atoms. The summed E-state index contributed by atoms with van der Waals surface area (Å²) in [5.74, 6) is 0. The van der Waals surface area contributed by atoms with E-state index in [2.05, 4.69) is 51.4 Å². The van der Waals surface area contributed by atoms with Crippen LogP contribution in [0.25, 0.3) is 22.5 Å². The molecule has 0 unspecified atom stereocenters. The maximum atomic E-state index is 4.36. The molecule has 0 saturated heterocycles. The molecule has 1 aromatic carbocycles. The normalized spacial score (nSPS) is 13.1. The maximum absolute atomic E-state index is 4.36. The molecule has 4 rings (SSSR count). The summed E-state index contributed by atoms with van der Waals surface area (Å²) in [5, 5.41) is 12.8. The monoisotopic (exact) mass is 253 g/mol. The van der Waals surface area contributed by atoms with Crippen LogP contribution >= 0.6 is 11.3 Å². The van der Waals surface area contributed by atoms with Crippen LogP contribution in [0.4, 0.5) is 0 Å². The zero-order chi connectivity index (χ0) is 11.9. The van der Waals surface area contributed by atoms with Crippen LogP contribution < -0.4 is 0 Å². The fourth-order valence-electron chi connectivity index (χ4n) is 2.53. The van der Waals surface area contributed by atoms with E-state index in [0.29, 0.717) is 0 Å². The third-order valence-electron chi connectivity index (χ3n) is 3.40. The van der Waals surface area contributed by atoms with Crippen molar-refractivity contribution in [2.24, 2.45) is 0 Å². The van der Waals surface area contributed by atoms with Crippen molar-refractivity contribution in [2.45, 2.75) is 13.0 Å². The van der Waals surface area contributed by atoms with Crippen molar-refractivity contribution in [3.05, 3.63) is 46.7 Å². The highest BCUT2D eigenvalue weighted by Gasteiger charge is 2.22. The SMILES string of the molecule is c1ccc2c(c1)CCn1nnc(-c3ccsc3)c1-2. The molecule has 0 fully saturated rings. The molecule has 0 saturated carbocycles. The highest BCUT2D eigenvalue weighted by Crippen LogP contribution is 2.36. The van der Waals surface area contributed by atoms with E-state index >= 15 is 0 Å². The van der Waals surface area contributed by atoms with E-state index in [1.165, 1.54) is 11.1 Å². The second kappa shape index (κ2) is 3.78. The lowest BCUT2D eigenvalue weighted by molar-refractivity contribution is 0.583. The summed E-state index contributed by atoms with van der Waals surface area (Å²) < 4.78 is 2.02. The van der Waals surface area contributed by atoms with Crippen LogP contribution in [0.15, 0.2) is 41.1 Å². The summed E-state index contributed by atoms with van der Waals surface area (Å²) in [6, 6.07) is 10.6. The quantitative estimate of drug-likeness (QED) is 0.666. The Balaban J connectivity index is 2.00. The van der Waals surface area contributed by atoms with E-state index < -0.39 is 0 Å². The number of benzene rings is 1. The highest BCUT2D eigenvalue weighted by molar-refractivity contribution is 7.08. The van der Waals surface area contributed by atoms with E-state index in [-0.39, 0.29) is 0 Å². The van der Waals surface area contributed by atoms with Crippen LogP contribution in [0.5, 0.6) is 0 Å². The van der Waals surface area contributed by atoms with Gasteiger partial charge in [0.2, 0.25) is 0 Å². The number of aromatic nitrogens is 3. The predicted molar refractivity (Wildman–Crippen MR) is 72.5 cm³/mol. The van der Waals surface area contributed by atoms with Crippen LogP contribution in [0.2, 0.25) is 0 Å². The van der Waals surface area contributed by atoms with Gasteiger partial charge >= 0.3 is 0 Å². The standard InChI is InChI=1S/C14H11N3S/c1-2-4-12-10(3-1)5-7-17-14(12)13(15-16-17)11-6-8-18-9-11/h1-4,6,8-9H,5,7H2. The van der Waals surface area contributed by atoms with E-state index in [0.717, 1.165) is 29.9 Å². The van der Waals surface area contributed by atoms with Gasteiger partial charge in [0.1, 0.15) is 5.69 Å². The van der Waals surface area contributed by atoms with Gasteiger partial charge in [-0.1, -0.05) is 29.5 Å². The fourth-order valence-corrected chi connectivity index (χ4v) is 3.17. The van der Waals surface area contributed by atoms with Gasteiger partial charge in [0, 0.05) is 23.1 Å². The summed E-state index contributed by atoms with van der Waals surface area (Å²) >= 11 is 1.69. The molecule has 3 nitrogen and oxygen atoms in total. The van der Waals surface area contributed by atoms with Gasteiger partial charge < -0.3 is 0 Å². The first kappa shape index (κ1) is 10.0. The maximum Gasteiger partial charge on any atom is 0.121 e. The first-order chi connectivity index (χ1) is 8.93. The largest absolute Gasteiger partial charge is 0.244 e. The van der Waals surface area contributed by atoms with Crippen molar-refractivity contribution in [1.82, 2.24) is 15.0 Å². The molecule has 1 aliphatic heterocycles. The Hall–Kier alpha value is -1.94. The van der Waals surface area contributed by atoms with E-state index in [4.69, 9.17) is 0 Å². The minimum absolute atomic E-state index is 0.920. The number of hydrogen-bond donors (Lipinski definition) is 0. The molecule has 3 aromatic rings. The summed E-state index contributed by atoms with van der Waals surface area (Å²) in [4.78, 5) is 0. The van der Waals surface area contributed by atoms with Crippen molar-refractivity contribution in [3.63, 3.8) is 0 Å². The second-order valence-electron chi connectivity index (χ2n) is 4.43. The van der Waals surface area contributed by atoms with Crippen molar-refractivity contribution >= 4 is 11.3 Å². The first-order valence-corrected chi connectivity index (χ1v) is 6.92. The Kier molecular flexibility index (Phi) is 2.11. The molecular weight excluding hydrogens is 242 g/mol. The molecule has 0 amide bonds. The van der Waals surface area contributed by atoms with Gasteiger partial charge in [-0.3, -0.25) is 0 Å². The Labute approximate surface area is 109 Å². The van der Waals surface area contributed by atoms with E-state index in [1.54, 1.807) is 11.3 Å². The molecule has 2 aromatic heterocycles. The number of thiophene rings is 1. The predicted octanol–water partition coefficient (Wildman–Crippen LogP) is 3.23. The lowest BCUT2D eigenvalue weighted by Crippen LogP contribution is -2.11. The van der Waals surface area contributed by atoms with Crippen LogP contribution in [0.1, 0.15) is 5.56 Å². The smallest absolute Gasteiger partial charge is 0.121 e. The van der Waals surface area contributed by atoms with Crippen LogP contribution in [0, 0.1) is 0 Å². The van der Waals surface area contributed by atoms with Crippen LogP contribution in [0.3, 0.4) is 0 Å². The molecule has 0 aliphatic carbocycles. The molecule has 3 heterocycles. The number of fused-ring (bicyclic) bond motifs is 3. The van der Waals surface area contributed by atoms with Gasteiger partial charge in [-0.15, -0.1) is 5.10 Å². The topological polar surface area (TPSA) is 30.7 Å². The fraction of sp³-hybridized carbons (Fsp3) is 0.143. The molecule has 0 bridgehead atoms. The van der Waals surface area contributed by atoms with Gasteiger partial charge in [-0.2, -0.15) is 11.3 Å². The highest BCUT2D eigenvalue weighted by atomic mass is 32.1. The van der Waals surface area contributed by atoms with E-state index in [1.807, 2.05) is 4.68 Å². The van der Waals surface area contributed by atoms with Gasteiger partial charge in [0.25, 0.3) is 0 Å².